The molecule has 0 spiro atoms. The predicted molar refractivity (Wildman–Crippen MR) is 72.5 cm³/mol. The molecule has 0 radical (unpaired) electrons. The summed E-state index contributed by atoms with van der Waals surface area (Å²) >= 11 is 0. The maximum Gasteiger partial charge on any atom is 0.260 e. The summed E-state index contributed by atoms with van der Waals surface area (Å²) in [5, 5.41) is 12.2. The summed E-state index contributed by atoms with van der Waals surface area (Å²) in [6.07, 6.45) is 2.11. The van der Waals surface area contributed by atoms with Crippen molar-refractivity contribution >= 4 is 11.6 Å². The number of pyridine rings is 1. The van der Waals surface area contributed by atoms with Crippen LogP contribution in [-0.2, 0) is 6.42 Å². The van der Waals surface area contributed by atoms with Crippen molar-refractivity contribution in [3.05, 3.63) is 58.0 Å². The van der Waals surface area contributed by atoms with Crippen molar-refractivity contribution in [2.75, 3.05) is 5.32 Å². The molecule has 2 aromatic rings. The van der Waals surface area contributed by atoms with E-state index in [0.29, 0.717) is 5.69 Å². The van der Waals surface area contributed by atoms with Gasteiger partial charge in [-0.15, -0.1) is 0 Å². The Balaban J connectivity index is 2.18. The molecule has 3 N–H and O–H groups in total. The molecule has 2 rings (SSSR count). The lowest BCUT2D eigenvalue weighted by atomic mass is 10.1. The van der Waals surface area contributed by atoms with E-state index in [1.54, 1.807) is 12.1 Å². The zero-order valence-electron chi connectivity index (χ0n) is 10.4. The van der Waals surface area contributed by atoms with Gasteiger partial charge in [-0.25, -0.2) is 0 Å². The Morgan fingerprint density at radius 1 is 1.32 bits per heavy atom. The van der Waals surface area contributed by atoms with E-state index in [0.717, 1.165) is 12.5 Å². The van der Waals surface area contributed by atoms with Gasteiger partial charge in [0.25, 0.3) is 11.5 Å². The van der Waals surface area contributed by atoms with Gasteiger partial charge < -0.3 is 15.4 Å². The molecule has 0 unspecified atom stereocenters. The quantitative estimate of drug-likeness (QED) is 0.786. The molecule has 0 saturated carbocycles. The molecule has 0 bridgehead atoms. The highest BCUT2D eigenvalue weighted by molar-refractivity contribution is 6.05. The highest BCUT2D eigenvalue weighted by Gasteiger charge is 2.11. The van der Waals surface area contributed by atoms with Gasteiger partial charge in [0.05, 0.1) is 5.56 Å². The highest BCUT2D eigenvalue weighted by atomic mass is 16.3. The minimum absolute atomic E-state index is 0.0270. The van der Waals surface area contributed by atoms with Gasteiger partial charge in [0.2, 0.25) is 0 Å². The van der Waals surface area contributed by atoms with Crippen molar-refractivity contribution in [2.45, 2.75) is 13.3 Å². The van der Waals surface area contributed by atoms with Gasteiger partial charge in [0.15, 0.2) is 0 Å². The monoisotopic (exact) mass is 258 g/mol. The average Bonchev–Trinajstić information content (AvgIpc) is 2.39. The lowest BCUT2D eigenvalue weighted by Crippen LogP contribution is -2.15. The largest absolute Gasteiger partial charge is 0.507 e. The first-order valence-corrected chi connectivity index (χ1v) is 5.92. The number of aromatic nitrogens is 1. The van der Waals surface area contributed by atoms with E-state index in [1.165, 1.54) is 11.8 Å². The van der Waals surface area contributed by atoms with Gasteiger partial charge in [-0.05, 0) is 24.1 Å². The molecule has 0 aliphatic rings. The number of aromatic amines is 1. The van der Waals surface area contributed by atoms with Gasteiger partial charge in [0.1, 0.15) is 5.75 Å². The van der Waals surface area contributed by atoms with Crippen LogP contribution in [0, 0.1) is 0 Å². The maximum atomic E-state index is 11.9. The van der Waals surface area contributed by atoms with E-state index in [1.807, 2.05) is 19.1 Å². The van der Waals surface area contributed by atoms with Gasteiger partial charge in [-0.2, -0.15) is 0 Å². The number of anilines is 1. The molecule has 0 aliphatic carbocycles. The number of H-pyrrole nitrogens is 1. The lowest BCUT2D eigenvalue weighted by Gasteiger charge is -2.07. The minimum atomic E-state index is -0.474. The molecule has 5 heteroatoms. The number of hydrogen-bond acceptors (Lipinski definition) is 3. The Kier molecular flexibility index (Phi) is 3.66. The molecule has 19 heavy (non-hydrogen) atoms. The number of rotatable bonds is 3. The first-order valence-electron chi connectivity index (χ1n) is 5.92. The number of nitrogens with one attached hydrogen (secondary N) is 2. The molecule has 1 heterocycles. The van der Waals surface area contributed by atoms with Crippen molar-refractivity contribution in [1.29, 1.82) is 0 Å². The van der Waals surface area contributed by atoms with Crippen molar-refractivity contribution in [3.8, 4) is 5.75 Å². The van der Waals surface area contributed by atoms with Gasteiger partial charge in [-0.3, -0.25) is 9.59 Å². The number of amides is 1. The molecule has 0 aliphatic heterocycles. The fourth-order valence-electron chi connectivity index (χ4n) is 1.66. The minimum Gasteiger partial charge on any atom is -0.507 e. The van der Waals surface area contributed by atoms with Crippen LogP contribution < -0.4 is 10.9 Å². The normalized spacial score (nSPS) is 10.2. The molecule has 0 atom stereocenters. The fraction of sp³-hybridized carbons (Fsp3) is 0.143. The van der Waals surface area contributed by atoms with Crippen LogP contribution >= 0.6 is 0 Å². The molecule has 5 nitrogen and oxygen atoms in total. The zero-order valence-corrected chi connectivity index (χ0v) is 10.4. The van der Waals surface area contributed by atoms with Crippen LogP contribution in [0.3, 0.4) is 0 Å². The Hall–Kier alpha value is -2.56. The van der Waals surface area contributed by atoms with Crippen LogP contribution in [0.4, 0.5) is 5.69 Å². The summed E-state index contributed by atoms with van der Waals surface area (Å²) in [5.74, 6) is -0.815. The molecular weight excluding hydrogens is 244 g/mol. The van der Waals surface area contributed by atoms with E-state index in [2.05, 4.69) is 10.3 Å². The van der Waals surface area contributed by atoms with Crippen molar-refractivity contribution in [3.63, 3.8) is 0 Å². The Bertz CT molecular complexity index is 644. The number of carbonyl (C=O) groups excluding carboxylic acids is 1. The first kappa shape index (κ1) is 12.9. The smallest absolute Gasteiger partial charge is 0.260 e. The van der Waals surface area contributed by atoms with Crippen LogP contribution in [0.25, 0.3) is 0 Å². The van der Waals surface area contributed by atoms with Gasteiger partial charge in [-0.1, -0.05) is 19.1 Å². The fourth-order valence-corrected chi connectivity index (χ4v) is 1.66. The van der Waals surface area contributed by atoms with Crippen molar-refractivity contribution in [1.82, 2.24) is 4.98 Å². The Morgan fingerprint density at radius 2 is 2.00 bits per heavy atom. The van der Waals surface area contributed by atoms with Gasteiger partial charge in [0, 0.05) is 18.0 Å². The molecule has 0 fully saturated rings. The lowest BCUT2D eigenvalue weighted by molar-refractivity contribution is 0.102. The van der Waals surface area contributed by atoms with Crippen molar-refractivity contribution < 1.29 is 9.90 Å². The second kappa shape index (κ2) is 5.39. The Labute approximate surface area is 109 Å². The number of carbonyl (C=O) groups is 1. The first-order chi connectivity index (χ1) is 9.10. The molecule has 1 amide bonds. The molecule has 0 saturated heterocycles. The summed E-state index contributed by atoms with van der Waals surface area (Å²) in [6, 6.07) is 8.39. The SMILES string of the molecule is CCc1ccc(NC(=O)c2c[nH]c(=O)cc2O)cc1. The van der Waals surface area contributed by atoms with E-state index in [-0.39, 0.29) is 11.3 Å². The van der Waals surface area contributed by atoms with Crippen LogP contribution in [0.2, 0.25) is 0 Å². The summed E-state index contributed by atoms with van der Waals surface area (Å²) in [7, 11) is 0. The summed E-state index contributed by atoms with van der Waals surface area (Å²) in [4.78, 5) is 25.2. The number of aromatic hydroxyl groups is 1. The van der Waals surface area contributed by atoms with Crippen molar-refractivity contribution in [2.24, 2.45) is 0 Å². The third-order valence-electron chi connectivity index (χ3n) is 2.77. The standard InChI is InChI=1S/C14H14N2O3/c1-2-9-3-5-10(6-4-9)16-14(19)11-8-15-13(18)7-12(11)17/h3-8H,2H2,1H3,(H,16,19)(H2,15,17,18). The second-order valence-electron chi connectivity index (χ2n) is 4.10. The second-order valence-corrected chi connectivity index (χ2v) is 4.10. The third kappa shape index (κ3) is 3.01. The van der Waals surface area contributed by atoms with E-state index >= 15 is 0 Å². The number of hydrogen-bond donors (Lipinski definition) is 3. The van der Waals surface area contributed by atoms with Crippen LogP contribution in [-0.4, -0.2) is 16.0 Å². The van der Waals surface area contributed by atoms with Crippen LogP contribution in [0.1, 0.15) is 22.8 Å². The zero-order chi connectivity index (χ0) is 13.8. The average molecular weight is 258 g/mol. The summed E-state index contributed by atoms with van der Waals surface area (Å²) in [5.41, 5.74) is 1.37. The molecule has 1 aromatic heterocycles. The molecule has 1 aromatic carbocycles. The molecule has 98 valence electrons. The third-order valence-corrected chi connectivity index (χ3v) is 2.77. The van der Waals surface area contributed by atoms with Crippen LogP contribution in [0.5, 0.6) is 5.75 Å². The number of benzene rings is 1. The maximum absolute atomic E-state index is 11.9. The summed E-state index contributed by atoms with van der Waals surface area (Å²) in [6.45, 7) is 2.05. The highest BCUT2D eigenvalue weighted by Crippen LogP contribution is 2.16. The molecular formula is C14H14N2O3. The predicted octanol–water partition coefficient (Wildman–Crippen LogP) is 1.90. The number of aryl methyl sites for hydroxylation is 1. The van der Waals surface area contributed by atoms with Crippen LogP contribution in [0.15, 0.2) is 41.3 Å². The van der Waals surface area contributed by atoms with E-state index < -0.39 is 11.5 Å². The van der Waals surface area contributed by atoms with Gasteiger partial charge >= 0.3 is 0 Å². The van der Waals surface area contributed by atoms with E-state index in [9.17, 15) is 14.7 Å². The Morgan fingerprint density at radius 3 is 2.58 bits per heavy atom. The van der Waals surface area contributed by atoms with E-state index in [4.69, 9.17) is 0 Å². The summed E-state index contributed by atoms with van der Waals surface area (Å²) < 4.78 is 0. The topological polar surface area (TPSA) is 82.2 Å².